The van der Waals surface area contributed by atoms with Gasteiger partial charge in [0.1, 0.15) is 12.4 Å². The first-order valence-corrected chi connectivity index (χ1v) is 6.49. The van der Waals surface area contributed by atoms with Crippen LogP contribution in [0.15, 0.2) is 22.7 Å². The molecule has 3 nitrogen and oxygen atoms in total. The lowest BCUT2D eigenvalue weighted by atomic mass is 10.2. The quantitative estimate of drug-likeness (QED) is 0.690. The molecule has 0 aliphatic carbocycles. The minimum Gasteiger partial charge on any atom is -0.491 e. The number of methoxy groups -OCH3 is 1. The van der Waals surface area contributed by atoms with Crippen molar-refractivity contribution < 1.29 is 14.2 Å². The van der Waals surface area contributed by atoms with Gasteiger partial charge in [-0.3, -0.25) is 0 Å². The largest absolute Gasteiger partial charge is 0.491 e. The van der Waals surface area contributed by atoms with Crippen LogP contribution in [0.4, 0.5) is 0 Å². The summed E-state index contributed by atoms with van der Waals surface area (Å²) in [4.78, 5) is 0. The second kappa shape index (κ2) is 8.50. The van der Waals surface area contributed by atoms with E-state index in [0.717, 1.165) is 29.9 Å². The summed E-state index contributed by atoms with van der Waals surface area (Å²) in [6, 6.07) is 5.95. The average molecular weight is 303 g/mol. The topological polar surface area (TPSA) is 27.7 Å². The summed E-state index contributed by atoms with van der Waals surface area (Å²) in [5, 5.41) is 0. The van der Waals surface area contributed by atoms with Gasteiger partial charge in [0, 0.05) is 24.8 Å². The van der Waals surface area contributed by atoms with Gasteiger partial charge in [-0.15, -0.1) is 0 Å². The van der Waals surface area contributed by atoms with Crippen molar-refractivity contribution in [1.82, 2.24) is 0 Å². The Labute approximate surface area is 111 Å². The summed E-state index contributed by atoms with van der Waals surface area (Å²) in [5.41, 5.74) is 1.17. The molecule has 0 radical (unpaired) electrons. The second-order valence-electron chi connectivity index (χ2n) is 3.72. The van der Waals surface area contributed by atoms with Gasteiger partial charge in [-0.25, -0.2) is 0 Å². The highest BCUT2D eigenvalue weighted by Crippen LogP contribution is 2.21. The normalized spacial score (nSPS) is 10.5. The summed E-state index contributed by atoms with van der Waals surface area (Å²) >= 11 is 3.45. The SMILES string of the molecule is COCCCOCCOc1ccc(Br)c(C)c1. The van der Waals surface area contributed by atoms with Crippen molar-refractivity contribution in [3.05, 3.63) is 28.2 Å². The predicted molar refractivity (Wildman–Crippen MR) is 71.7 cm³/mol. The molecule has 17 heavy (non-hydrogen) atoms. The Kier molecular flexibility index (Phi) is 7.24. The molecule has 0 aromatic heterocycles. The van der Waals surface area contributed by atoms with Crippen molar-refractivity contribution in [3.63, 3.8) is 0 Å². The Morgan fingerprint density at radius 1 is 1.12 bits per heavy atom. The predicted octanol–water partition coefficient (Wildman–Crippen LogP) is 3.19. The molecule has 1 aromatic rings. The average Bonchev–Trinajstić information content (AvgIpc) is 2.32. The molecule has 0 spiro atoms. The molecule has 0 atom stereocenters. The molecule has 1 rings (SSSR count). The zero-order valence-electron chi connectivity index (χ0n) is 10.4. The van der Waals surface area contributed by atoms with Crippen LogP contribution in [0.5, 0.6) is 5.75 Å². The van der Waals surface area contributed by atoms with Gasteiger partial charge in [0.25, 0.3) is 0 Å². The lowest BCUT2D eigenvalue weighted by molar-refractivity contribution is 0.0806. The van der Waals surface area contributed by atoms with E-state index in [1.54, 1.807) is 7.11 Å². The summed E-state index contributed by atoms with van der Waals surface area (Å²) in [6.07, 6.45) is 0.924. The minimum atomic E-state index is 0.577. The fourth-order valence-corrected chi connectivity index (χ4v) is 1.58. The van der Waals surface area contributed by atoms with Crippen LogP contribution < -0.4 is 4.74 Å². The molecular formula is C13H19BrO3. The zero-order chi connectivity index (χ0) is 12.5. The number of hydrogen-bond donors (Lipinski definition) is 0. The van der Waals surface area contributed by atoms with Gasteiger partial charge in [-0.05, 0) is 37.1 Å². The van der Waals surface area contributed by atoms with E-state index in [1.165, 1.54) is 5.56 Å². The van der Waals surface area contributed by atoms with E-state index >= 15 is 0 Å². The van der Waals surface area contributed by atoms with E-state index in [2.05, 4.69) is 15.9 Å². The molecule has 1 aromatic carbocycles. The van der Waals surface area contributed by atoms with Crippen LogP contribution in [0.25, 0.3) is 0 Å². The lowest BCUT2D eigenvalue weighted by Crippen LogP contribution is -2.08. The Hall–Kier alpha value is -0.580. The van der Waals surface area contributed by atoms with Gasteiger partial charge in [0.2, 0.25) is 0 Å². The first-order valence-electron chi connectivity index (χ1n) is 5.69. The van der Waals surface area contributed by atoms with E-state index in [4.69, 9.17) is 14.2 Å². The smallest absolute Gasteiger partial charge is 0.119 e. The third kappa shape index (κ3) is 6.05. The summed E-state index contributed by atoms with van der Waals surface area (Å²) in [7, 11) is 1.69. The van der Waals surface area contributed by atoms with Crippen LogP contribution in [0.2, 0.25) is 0 Å². The van der Waals surface area contributed by atoms with Gasteiger partial charge < -0.3 is 14.2 Å². The summed E-state index contributed by atoms with van der Waals surface area (Å²) in [5.74, 6) is 0.881. The van der Waals surface area contributed by atoms with E-state index in [0.29, 0.717) is 13.2 Å². The van der Waals surface area contributed by atoms with E-state index < -0.39 is 0 Å². The van der Waals surface area contributed by atoms with E-state index in [9.17, 15) is 0 Å². The number of rotatable bonds is 8. The van der Waals surface area contributed by atoms with E-state index in [-0.39, 0.29) is 0 Å². The molecule has 0 aliphatic heterocycles. The Balaban J connectivity index is 2.11. The Bertz CT molecular complexity index is 328. The van der Waals surface area contributed by atoms with Crippen LogP contribution in [0.1, 0.15) is 12.0 Å². The van der Waals surface area contributed by atoms with Crippen molar-refractivity contribution >= 4 is 15.9 Å². The molecule has 0 amide bonds. The maximum atomic E-state index is 5.57. The molecule has 0 unspecified atom stereocenters. The molecule has 4 heteroatoms. The molecule has 0 fully saturated rings. The molecule has 0 aliphatic rings. The second-order valence-corrected chi connectivity index (χ2v) is 4.57. The van der Waals surface area contributed by atoms with Crippen molar-refractivity contribution in [2.75, 3.05) is 33.5 Å². The van der Waals surface area contributed by atoms with Crippen molar-refractivity contribution in [2.24, 2.45) is 0 Å². The van der Waals surface area contributed by atoms with Gasteiger partial charge in [-0.2, -0.15) is 0 Å². The highest BCUT2D eigenvalue weighted by Gasteiger charge is 1.98. The first kappa shape index (κ1) is 14.5. The monoisotopic (exact) mass is 302 g/mol. The van der Waals surface area contributed by atoms with Crippen LogP contribution >= 0.6 is 15.9 Å². The van der Waals surface area contributed by atoms with E-state index in [1.807, 2.05) is 25.1 Å². The number of halogens is 1. The molecule has 0 N–H and O–H groups in total. The third-order valence-corrected chi connectivity index (χ3v) is 3.15. The van der Waals surface area contributed by atoms with Crippen LogP contribution in [0.3, 0.4) is 0 Å². The number of benzene rings is 1. The molecule has 0 saturated heterocycles. The van der Waals surface area contributed by atoms with Crippen molar-refractivity contribution in [3.8, 4) is 5.75 Å². The summed E-state index contributed by atoms with van der Waals surface area (Å²) in [6.45, 7) is 4.69. The number of ether oxygens (including phenoxy) is 3. The van der Waals surface area contributed by atoms with Crippen molar-refractivity contribution in [1.29, 1.82) is 0 Å². The number of hydrogen-bond acceptors (Lipinski definition) is 3. The molecule has 96 valence electrons. The molecular weight excluding hydrogens is 284 g/mol. The highest BCUT2D eigenvalue weighted by atomic mass is 79.9. The third-order valence-electron chi connectivity index (χ3n) is 2.26. The van der Waals surface area contributed by atoms with Crippen molar-refractivity contribution in [2.45, 2.75) is 13.3 Å². The zero-order valence-corrected chi connectivity index (χ0v) is 12.0. The summed E-state index contributed by atoms with van der Waals surface area (Å²) < 4.78 is 17.0. The van der Waals surface area contributed by atoms with Crippen LogP contribution in [-0.4, -0.2) is 33.5 Å². The maximum Gasteiger partial charge on any atom is 0.119 e. The van der Waals surface area contributed by atoms with Gasteiger partial charge in [0.15, 0.2) is 0 Å². The number of aryl methyl sites for hydroxylation is 1. The van der Waals surface area contributed by atoms with Gasteiger partial charge in [-0.1, -0.05) is 15.9 Å². The lowest BCUT2D eigenvalue weighted by Gasteiger charge is -2.08. The first-order chi connectivity index (χ1) is 8.24. The van der Waals surface area contributed by atoms with Crippen LogP contribution in [-0.2, 0) is 9.47 Å². The molecule has 0 saturated carbocycles. The minimum absolute atomic E-state index is 0.577. The Morgan fingerprint density at radius 3 is 2.65 bits per heavy atom. The fraction of sp³-hybridized carbons (Fsp3) is 0.538. The standard InChI is InChI=1S/C13H19BrO3/c1-11-10-12(4-5-13(11)14)17-9-8-16-7-3-6-15-2/h4-5,10H,3,6-9H2,1-2H3. The maximum absolute atomic E-state index is 5.57. The molecule has 0 bridgehead atoms. The fourth-order valence-electron chi connectivity index (χ4n) is 1.33. The van der Waals surface area contributed by atoms with Gasteiger partial charge >= 0.3 is 0 Å². The van der Waals surface area contributed by atoms with Crippen LogP contribution in [0, 0.1) is 6.92 Å². The van der Waals surface area contributed by atoms with Gasteiger partial charge in [0.05, 0.1) is 6.61 Å². The Morgan fingerprint density at radius 2 is 1.94 bits per heavy atom. The molecule has 0 heterocycles. The highest BCUT2D eigenvalue weighted by molar-refractivity contribution is 9.10.